The lowest BCUT2D eigenvalue weighted by molar-refractivity contribution is 0.286. The Labute approximate surface area is 127 Å². The Morgan fingerprint density at radius 1 is 1.10 bits per heavy atom. The van der Waals surface area contributed by atoms with E-state index < -0.39 is 0 Å². The summed E-state index contributed by atoms with van der Waals surface area (Å²) in [4.78, 5) is 9.74. The molecule has 0 saturated carbocycles. The highest BCUT2D eigenvalue weighted by molar-refractivity contribution is 7.17. The summed E-state index contributed by atoms with van der Waals surface area (Å²) in [7, 11) is 0. The van der Waals surface area contributed by atoms with Crippen molar-refractivity contribution in [2.75, 3.05) is 18.5 Å². The first-order valence-corrected chi connectivity index (χ1v) is 7.90. The van der Waals surface area contributed by atoms with Crippen molar-refractivity contribution in [2.24, 2.45) is 0 Å². The van der Waals surface area contributed by atoms with Crippen LogP contribution in [0, 0.1) is 0 Å². The molecule has 3 rings (SSSR count). The number of hydrogen-bond acceptors (Lipinski definition) is 5. The SMILES string of the molecule is OCCCCNc1ncnc2scc(-c3ccccc3)c12. The van der Waals surface area contributed by atoms with Crippen LogP contribution in [0.2, 0.25) is 0 Å². The Morgan fingerprint density at radius 2 is 1.95 bits per heavy atom. The molecular formula is C16H17N3OS. The molecule has 4 nitrogen and oxygen atoms in total. The zero-order valence-corrected chi connectivity index (χ0v) is 12.4. The first-order valence-electron chi connectivity index (χ1n) is 7.02. The zero-order valence-electron chi connectivity index (χ0n) is 11.6. The third-order valence-corrected chi connectivity index (χ3v) is 4.22. The van der Waals surface area contributed by atoms with Gasteiger partial charge in [-0.25, -0.2) is 9.97 Å². The van der Waals surface area contributed by atoms with E-state index in [0.29, 0.717) is 0 Å². The molecular weight excluding hydrogens is 282 g/mol. The predicted molar refractivity (Wildman–Crippen MR) is 87.7 cm³/mol. The van der Waals surface area contributed by atoms with Gasteiger partial charge in [0.1, 0.15) is 17.0 Å². The van der Waals surface area contributed by atoms with E-state index in [2.05, 4.69) is 32.8 Å². The molecule has 0 amide bonds. The molecule has 0 spiro atoms. The van der Waals surface area contributed by atoms with Gasteiger partial charge in [-0.2, -0.15) is 0 Å². The monoisotopic (exact) mass is 299 g/mol. The van der Waals surface area contributed by atoms with Gasteiger partial charge in [-0.05, 0) is 18.4 Å². The summed E-state index contributed by atoms with van der Waals surface area (Å²) in [5, 5.41) is 15.4. The van der Waals surface area contributed by atoms with Crippen molar-refractivity contribution < 1.29 is 5.11 Å². The van der Waals surface area contributed by atoms with Crippen LogP contribution in [0.25, 0.3) is 21.3 Å². The second kappa shape index (κ2) is 6.65. The fourth-order valence-corrected chi connectivity index (χ4v) is 3.20. The minimum Gasteiger partial charge on any atom is -0.396 e. The molecule has 1 aromatic carbocycles. The van der Waals surface area contributed by atoms with Gasteiger partial charge < -0.3 is 10.4 Å². The van der Waals surface area contributed by atoms with Crippen molar-refractivity contribution >= 4 is 27.4 Å². The molecule has 0 aliphatic carbocycles. The van der Waals surface area contributed by atoms with E-state index in [-0.39, 0.29) is 6.61 Å². The maximum Gasteiger partial charge on any atom is 0.138 e. The minimum absolute atomic E-state index is 0.231. The van der Waals surface area contributed by atoms with Gasteiger partial charge in [0, 0.05) is 24.1 Å². The van der Waals surface area contributed by atoms with Crippen molar-refractivity contribution in [2.45, 2.75) is 12.8 Å². The normalized spacial score (nSPS) is 10.9. The molecule has 0 bridgehead atoms. The standard InChI is InChI=1S/C16H17N3OS/c20-9-5-4-8-17-15-14-13(12-6-2-1-3-7-12)10-21-16(14)19-11-18-15/h1-3,6-7,10-11,20H,4-5,8-9H2,(H,17,18,19). The number of hydrogen-bond donors (Lipinski definition) is 2. The van der Waals surface area contributed by atoms with Gasteiger partial charge in [-0.3, -0.25) is 0 Å². The van der Waals surface area contributed by atoms with Crippen LogP contribution in [-0.2, 0) is 0 Å². The molecule has 108 valence electrons. The third kappa shape index (κ3) is 3.04. The first-order chi connectivity index (χ1) is 10.4. The number of nitrogens with zero attached hydrogens (tertiary/aromatic N) is 2. The summed E-state index contributed by atoms with van der Waals surface area (Å²) < 4.78 is 0. The van der Waals surface area contributed by atoms with Crippen molar-refractivity contribution in [1.82, 2.24) is 9.97 Å². The largest absolute Gasteiger partial charge is 0.396 e. The van der Waals surface area contributed by atoms with Crippen LogP contribution in [0.5, 0.6) is 0 Å². The summed E-state index contributed by atoms with van der Waals surface area (Å²) >= 11 is 1.64. The second-order valence-electron chi connectivity index (χ2n) is 4.78. The lowest BCUT2D eigenvalue weighted by Gasteiger charge is -2.08. The molecule has 0 unspecified atom stereocenters. The van der Waals surface area contributed by atoms with Gasteiger partial charge in [-0.15, -0.1) is 11.3 Å². The van der Waals surface area contributed by atoms with Crippen LogP contribution in [-0.4, -0.2) is 28.2 Å². The average molecular weight is 299 g/mol. The van der Waals surface area contributed by atoms with Crippen molar-refractivity contribution in [3.63, 3.8) is 0 Å². The molecule has 2 heterocycles. The fraction of sp³-hybridized carbons (Fsp3) is 0.250. The summed E-state index contributed by atoms with van der Waals surface area (Å²) in [5.41, 5.74) is 2.35. The van der Waals surface area contributed by atoms with Crippen LogP contribution < -0.4 is 5.32 Å². The van der Waals surface area contributed by atoms with Crippen LogP contribution in [0.1, 0.15) is 12.8 Å². The van der Waals surface area contributed by atoms with Crippen LogP contribution >= 0.6 is 11.3 Å². The number of thiophene rings is 1. The maximum atomic E-state index is 8.84. The van der Waals surface area contributed by atoms with Crippen LogP contribution in [0.15, 0.2) is 42.0 Å². The van der Waals surface area contributed by atoms with Crippen LogP contribution in [0.3, 0.4) is 0 Å². The van der Waals surface area contributed by atoms with E-state index in [1.54, 1.807) is 17.7 Å². The summed E-state index contributed by atoms with van der Waals surface area (Å²) in [6.07, 6.45) is 3.32. The molecule has 0 aliphatic rings. The topological polar surface area (TPSA) is 58.0 Å². The highest BCUT2D eigenvalue weighted by Crippen LogP contribution is 2.36. The number of unbranched alkanes of at least 4 members (excludes halogenated alkanes) is 1. The van der Waals surface area contributed by atoms with Crippen molar-refractivity contribution in [3.8, 4) is 11.1 Å². The number of aromatic nitrogens is 2. The minimum atomic E-state index is 0.231. The van der Waals surface area contributed by atoms with Gasteiger partial charge >= 0.3 is 0 Å². The number of nitrogens with one attached hydrogen (secondary N) is 1. The number of aliphatic hydroxyl groups excluding tert-OH is 1. The number of rotatable bonds is 6. The number of benzene rings is 1. The number of aliphatic hydroxyl groups is 1. The number of anilines is 1. The predicted octanol–water partition coefficient (Wildman–Crippen LogP) is 3.54. The first kappa shape index (κ1) is 14.0. The van der Waals surface area contributed by atoms with Crippen molar-refractivity contribution in [1.29, 1.82) is 0 Å². The highest BCUT2D eigenvalue weighted by atomic mass is 32.1. The van der Waals surface area contributed by atoms with Gasteiger partial charge in [0.05, 0.1) is 5.39 Å². The van der Waals surface area contributed by atoms with Gasteiger partial charge in [0.25, 0.3) is 0 Å². The molecule has 0 fully saturated rings. The van der Waals surface area contributed by atoms with Gasteiger partial charge in [-0.1, -0.05) is 30.3 Å². The summed E-state index contributed by atoms with van der Waals surface area (Å²) in [6, 6.07) is 10.3. The zero-order chi connectivity index (χ0) is 14.5. The molecule has 0 atom stereocenters. The molecule has 0 saturated heterocycles. The maximum absolute atomic E-state index is 8.84. The fourth-order valence-electron chi connectivity index (χ4n) is 2.28. The molecule has 0 radical (unpaired) electrons. The van der Waals surface area contributed by atoms with Gasteiger partial charge in [0.15, 0.2) is 0 Å². The molecule has 2 N–H and O–H groups in total. The quantitative estimate of drug-likeness (QED) is 0.684. The van der Waals surface area contributed by atoms with E-state index >= 15 is 0 Å². The lowest BCUT2D eigenvalue weighted by atomic mass is 10.1. The number of fused-ring (bicyclic) bond motifs is 1. The highest BCUT2D eigenvalue weighted by Gasteiger charge is 2.12. The molecule has 5 heteroatoms. The molecule has 21 heavy (non-hydrogen) atoms. The second-order valence-corrected chi connectivity index (χ2v) is 5.63. The van der Waals surface area contributed by atoms with Gasteiger partial charge in [0.2, 0.25) is 0 Å². The Hall–Kier alpha value is -1.98. The average Bonchev–Trinajstić information content (AvgIpc) is 2.97. The molecule has 0 aliphatic heterocycles. The summed E-state index contributed by atoms with van der Waals surface area (Å²) in [5.74, 6) is 0.873. The molecule has 2 aromatic heterocycles. The van der Waals surface area contributed by atoms with E-state index in [1.165, 1.54) is 11.1 Å². The lowest BCUT2D eigenvalue weighted by Crippen LogP contribution is -2.04. The smallest absolute Gasteiger partial charge is 0.138 e. The molecule has 3 aromatic rings. The Bertz CT molecular complexity index is 712. The van der Waals surface area contributed by atoms with E-state index in [1.807, 2.05) is 18.2 Å². The van der Waals surface area contributed by atoms with E-state index in [4.69, 9.17) is 5.11 Å². The third-order valence-electron chi connectivity index (χ3n) is 3.33. The van der Waals surface area contributed by atoms with E-state index in [0.717, 1.165) is 35.4 Å². The van der Waals surface area contributed by atoms with Crippen LogP contribution in [0.4, 0.5) is 5.82 Å². The Kier molecular flexibility index (Phi) is 4.43. The Morgan fingerprint density at radius 3 is 2.76 bits per heavy atom. The van der Waals surface area contributed by atoms with E-state index in [9.17, 15) is 0 Å². The summed E-state index contributed by atoms with van der Waals surface area (Å²) in [6.45, 7) is 1.03. The Balaban J connectivity index is 1.95. The van der Waals surface area contributed by atoms with Crippen molar-refractivity contribution in [3.05, 3.63) is 42.0 Å².